The Morgan fingerprint density at radius 3 is 3.00 bits per heavy atom. The number of aryl methyl sites for hydroxylation is 1. The Morgan fingerprint density at radius 2 is 2.16 bits per heavy atom. The Bertz CT molecular complexity index is 446. The topological polar surface area (TPSA) is 15.3 Å². The number of rotatable bonds is 4. The Balaban J connectivity index is 1.50. The van der Waals surface area contributed by atoms with Gasteiger partial charge in [0.05, 0.1) is 0 Å². The SMILES string of the molecule is Cc1cc(F)ccc1CCNC1CCN2CCC1C2. The van der Waals surface area contributed by atoms with Crippen molar-refractivity contribution in [2.75, 3.05) is 26.2 Å². The number of piperidine rings is 1. The van der Waals surface area contributed by atoms with E-state index in [1.807, 2.05) is 13.0 Å². The quantitative estimate of drug-likeness (QED) is 0.896. The Hall–Kier alpha value is -0.930. The number of fused-ring (bicyclic) bond motifs is 2. The van der Waals surface area contributed by atoms with Crippen molar-refractivity contribution in [3.8, 4) is 0 Å². The van der Waals surface area contributed by atoms with E-state index in [9.17, 15) is 4.39 Å². The van der Waals surface area contributed by atoms with Crippen molar-refractivity contribution in [1.29, 1.82) is 0 Å². The molecule has 2 fully saturated rings. The van der Waals surface area contributed by atoms with Crippen molar-refractivity contribution in [3.63, 3.8) is 0 Å². The van der Waals surface area contributed by atoms with Crippen LogP contribution in [0, 0.1) is 18.7 Å². The average molecular weight is 262 g/mol. The molecular formula is C16H23FN2. The number of halogens is 1. The Kier molecular flexibility index (Phi) is 3.85. The molecule has 2 saturated heterocycles. The summed E-state index contributed by atoms with van der Waals surface area (Å²) in [4.78, 5) is 2.58. The van der Waals surface area contributed by atoms with E-state index in [0.29, 0.717) is 6.04 Å². The minimum absolute atomic E-state index is 0.132. The van der Waals surface area contributed by atoms with Crippen molar-refractivity contribution in [1.82, 2.24) is 10.2 Å². The third-order valence-corrected chi connectivity index (χ3v) is 4.74. The van der Waals surface area contributed by atoms with Gasteiger partial charge in [0.25, 0.3) is 0 Å². The Labute approximate surface area is 115 Å². The minimum atomic E-state index is -0.132. The number of hydrogen-bond donors (Lipinski definition) is 1. The molecule has 19 heavy (non-hydrogen) atoms. The highest BCUT2D eigenvalue weighted by atomic mass is 19.1. The zero-order valence-electron chi connectivity index (χ0n) is 11.7. The molecule has 0 amide bonds. The summed E-state index contributed by atoms with van der Waals surface area (Å²) < 4.78 is 13.0. The first-order valence-electron chi connectivity index (χ1n) is 7.43. The van der Waals surface area contributed by atoms with Crippen LogP contribution in [-0.2, 0) is 6.42 Å². The number of hydrogen-bond acceptors (Lipinski definition) is 2. The van der Waals surface area contributed by atoms with Crippen molar-refractivity contribution in [2.24, 2.45) is 5.92 Å². The first-order chi connectivity index (χ1) is 9.22. The summed E-state index contributed by atoms with van der Waals surface area (Å²) in [6, 6.07) is 5.81. The van der Waals surface area contributed by atoms with Crippen molar-refractivity contribution < 1.29 is 4.39 Å². The summed E-state index contributed by atoms with van der Waals surface area (Å²) in [5.41, 5.74) is 2.33. The molecule has 104 valence electrons. The van der Waals surface area contributed by atoms with Gasteiger partial charge in [-0.2, -0.15) is 0 Å². The maximum absolute atomic E-state index is 13.0. The number of benzene rings is 1. The second-order valence-corrected chi connectivity index (χ2v) is 6.02. The summed E-state index contributed by atoms with van der Waals surface area (Å²) in [6.45, 7) is 6.83. The highest BCUT2D eigenvalue weighted by Gasteiger charge is 2.33. The zero-order valence-corrected chi connectivity index (χ0v) is 11.7. The molecule has 3 heteroatoms. The summed E-state index contributed by atoms with van der Waals surface area (Å²) in [6.07, 6.45) is 3.64. The standard InChI is InChI=1S/C16H23FN2/c1-12-10-15(17)3-2-13(12)4-7-18-16-6-9-19-8-5-14(16)11-19/h2-3,10,14,16,18H,4-9,11H2,1H3. The van der Waals surface area contributed by atoms with Crippen molar-refractivity contribution in [3.05, 3.63) is 35.1 Å². The average Bonchev–Trinajstić information content (AvgIpc) is 2.77. The first kappa shape index (κ1) is 13.1. The monoisotopic (exact) mass is 262 g/mol. The van der Waals surface area contributed by atoms with Gasteiger partial charge in [-0.15, -0.1) is 0 Å². The lowest BCUT2D eigenvalue weighted by Crippen LogP contribution is -2.44. The third-order valence-electron chi connectivity index (χ3n) is 4.74. The predicted octanol–water partition coefficient (Wildman–Crippen LogP) is 2.36. The third kappa shape index (κ3) is 2.98. The fraction of sp³-hybridized carbons (Fsp3) is 0.625. The highest BCUT2D eigenvalue weighted by Crippen LogP contribution is 2.26. The van der Waals surface area contributed by atoms with Gasteiger partial charge in [0.15, 0.2) is 0 Å². The fourth-order valence-electron chi connectivity index (χ4n) is 3.55. The van der Waals surface area contributed by atoms with Gasteiger partial charge < -0.3 is 10.2 Å². The molecule has 2 heterocycles. The van der Waals surface area contributed by atoms with Gasteiger partial charge in [0, 0.05) is 12.6 Å². The molecule has 0 aromatic heterocycles. The summed E-state index contributed by atoms with van der Waals surface area (Å²) in [5.74, 6) is 0.718. The maximum atomic E-state index is 13.0. The largest absolute Gasteiger partial charge is 0.313 e. The second-order valence-electron chi connectivity index (χ2n) is 6.02. The lowest BCUT2D eigenvalue weighted by molar-refractivity contribution is 0.222. The van der Waals surface area contributed by atoms with Crippen LogP contribution in [0.25, 0.3) is 0 Å². The highest BCUT2D eigenvalue weighted by molar-refractivity contribution is 5.26. The molecule has 2 nitrogen and oxygen atoms in total. The van der Waals surface area contributed by atoms with Crippen LogP contribution in [0.5, 0.6) is 0 Å². The molecule has 2 bridgehead atoms. The molecule has 2 aliphatic rings. The molecule has 0 aliphatic carbocycles. The Morgan fingerprint density at radius 1 is 1.32 bits per heavy atom. The van der Waals surface area contributed by atoms with E-state index in [-0.39, 0.29) is 5.82 Å². The molecule has 3 atom stereocenters. The normalized spacial score (nSPS) is 29.7. The van der Waals surface area contributed by atoms with Crippen LogP contribution in [0.2, 0.25) is 0 Å². The number of nitrogens with one attached hydrogen (secondary N) is 1. The molecule has 0 radical (unpaired) electrons. The molecule has 1 aromatic carbocycles. The zero-order chi connectivity index (χ0) is 13.2. The van der Waals surface area contributed by atoms with Crippen LogP contribution in [0.4, 0.5) is 4.39 Å². The van der Waals surface area contributed by atoms with Crippen molar-refractivity contribution in [2.45, 2.75) is 32.2 Å². The van der Waals surface area contributed by atoms with Gasteiger partial charge in [-0.05, 0) is 75.0 Å². The summed E-state index contributed by atoms with van der Waals surface area (Å²) in [7, 11) is 0. The van der Waals surface area contributed by atoms with Gasteiger partial charge in [-0.3, -0.25) is 0 Å². The van der Waals surface area contributed by atoms with Gasteiger partial charge >= 0.3 is 0 Å². The van der Waals surface area contributed by atoms with E-state index in [1.54, 1.807) is 12.1 Å². The smallest absolute Gasteiger partial charge is 0.123 e. The fourth-order valence-corrected chi connectivity index (χ4v) is 3.55. The lowest BCUT2D eigenvalue weighted by Gasteiger charge is -2.31. The van der Waals surface area contributed by atoms with Gasteiger partial charge in [-0.1, -0.05) is 6.07 Å². The molecule has 2 aliphatic heterocycles. The van der Waals surface area contributed by atoms with E-state index in [1.165, 1.54) is 38.0 Å². The molecule has 1 aromatic rings. The molecule has 1 N–H and O–H groups in total. The number of nitrogens with zero attached hydrogens (tertiary/aromatic N) is 1. The van der Waals surface area contributed by atoms with Crippen LogP contribution in [0.3, 0.4) is 0 Å². The molecule has 0 spiro atoms. The predicted molar refractivity (Wildman–Crippen MR) is 75.8 cm³/mol. The maximum Gasteiger partial charge on any atom is 0.123 e. The summed E-state index contributed by atoms with van der Waals surface area (Å²) in [5, 5.41) is 3.72. The van der Waals surface area contributed by atoms with Crippen LogP contribution < -0.4 is 5.32 Å². The van der Waals surface area contributed by atoms with Gasteiger partial charge in [-0.25, -0.2) is 4.39 Å². The molecule has 0 saturated carbocycles. The van der Waals surface area contributed by atoms with Gasteiger partial charge in [0.2, 0.25) is 0 Å². The first-order valence-corrected chi connectivity index (χ1v) is 7.43. The van der Waals surface area contributed by atoms with E-state index in [2.05, 4.69) is 10.2 Å². The summed E-state index contributed by atoms with van der Waals surface area (Å²) >= 11 is 0. The molecule has 3 unspecified atom stereocenters. The molecule has 3 rings (SSSR count). The van der Waals surface area contributed by atoms with E-state index in [0.717, 1.165) is 24.4 Å². The lowest BCUT2D eigenvalue weighted by atomic mass is 9.94. The van der Waals surface area contributed by atoms with E-state index < -0.39 is 0 Å². The van der Waals surface area contributed by atoms with E-state index in [4.69, 9.17) is 0 Å². The molecular weight excluding hydrogens is 239 g/mol. The van der Waals surface area contributed by atoms with E-state index >= 15 is 0 Å². The minimum Gasteiger partial charge on any atom is -0.313 e. The van der Waals surface area contributed by atoms with Crippen LogP contribution >= 0.6 is 0 Å². The van der Waals surface area contributed by atoms with Gasteiger partial charge in [0.1, 0.15) is 5.82 Å². The van der Waals surface area contributed by atoms with Crippen molar-refractivity contribution >= 4 is 0 Å². The van der Waals surface area contributed by atoms with Crippen LogP contribution in [0.1, 0.15) is 24.0 Å². The second kappa shape index (κ2) is 5.59. The van der Waals surface area contributed by atoms with Crippen LogP contribution in [0.15, 0.2) is 18.2 Å². The van der Waals surface area contributed by atoms with Crippen LogP contribution in [-0.4, -0.2) is 37.1 Å².